The molecule has 0 aromatic heterocycles. The Morgan fingerprint density at radius 3 is 2.95 bits per heavy atom. The summed E-state index contributed by atoms with van der Waals surface area (Å²) in [4.78, 5) is 12.1. The SMILES string of the molecule is COc1cccc(C(=O)NCCC2=CCCCC2)c1N. The minimum atomic E-state index is -0.141. The average molecular weight is 274 g/mol. The monoisotopic (exact) mass is 274 g/mol. The molecule has 20 heavy (non-hydrogen) atoms. The van der Waals surface area contributed by atoms with Crippen LogP contribution in [-0.4, -0.2) is 19.6 Å². The number of rotatable bonds is 5. The number of methoxy groups -OCH3 is 1. The molecule has 0 unspecified atom stereocenters. The molecule has 4 nitrogen and oxygen atoms in total. The number of amides is 1. The Hall–Kier alpha value is -1.97. The zero-order chi connectivity index (χ0) is 14.4. The second-order valence-electron chi connectivity index (χ2n) is 5.04. The van der Waals surface area contributed by atoms with E-state index in [-0.39, 0.29) is 5.91 Å². The Balaban J connectivity index is 1.90. The van der Waals surface area contributed by atoms with E-state index < -0.39 is 0 Å². The fourth-order valence-corrected chi connectivity index (χ4v) is 2.48. The number of carbonyl (C=O) groups is 1. The van der Waals surface area contributed by atoms with Crippen molar-refractivity contribution >= 4 is 11.6 Å². The molecule has 0 saturated carbocycles. The maximum atomic E-state index is 12.1. The lowest BCUT2D eigenvalue weighted by Gasteiger charge is -2.14. The van der Waals surface area contributed by atoms with Gasteiger partial charge in [-0.25, -0.2) is 0 Å². The van der Waals surface area contributed by atoms with Crippen LogP contribution in [0.25, 0.3) is 0 Å². The number of para-hydroxylation sites is 1. The van der Waals surface area contributed by atoms with Gasteiger partial charge in [0.2, 0.25) is 0 Å². The van der Waals surface area contributed by atoms with Crippen molar-refractivity contribution < 1.29 is 9.53 Å². The number of anilines is 1. The third kappa shape index (κ3) is 3.53. The molecule has 0 saturated heterocycles. The predicted molar refractivity (Wildman–Crippen MR) is 80.9 cm³/mol. The van der Waals surface area contributed by atoms with Gasteiger partial charge < -0.3 is 15.8 Å². The number of ether oxygens (including phenoxy) is 1. The topological polar surface area (TPSA) is 64.3 Å². The zero-order valence-corrected chi connectivity index (χ0v) is 11.9. The summed E-state index contributed by atoms with van der Waals surface area (Å²) in [5, 5.41) is 2.92. The van der Waals surface area contributed by atoms with E-state index >= 15 is 0 Å². The molecule has 108 valence electrons. The lowest BCUT2D eigenvalue weighted by atomic mass is 9.97. The first kappa shape index (κ1) is 14.4. The van der Waals surface area contributed by atoms with Gasteiger partial charge in [-0.05, 0) is 44.2 Å². The van der Waals surface area contributed by atoms with E-state index in [9.17, 15) is 4.79 Å². The molecular formula is C16H22N2O2. The van der Waals surface area contributed by atoms with Gasteiger partial charge in [0.1, 0.15) is 5.75 Å². The minimum absolute atomic E-state index is 0.141. The van der Waals surface area contributed by atoms with Crippen molar-refractivity contribution in [3.05, 3.63) is 35.4 Å². The fraction of sp³-hybridized carbons (Fsp3) is 0.438. The van der Waals surface area contributed by atoms with Crippen LogP contribution in [0.4, 0.5) is 5.69 Å². The van der Waals surface area contributed by atoms with E-state index in [1.807, 2.05) is 0 Å². The van der Waals surface area contributed by atoms with Gasteiger partial charge in [0.15, 0.2) is 0 Å². The summed E-state index contributed by atoms with van der Waals surface area (Å²) in [5.41, 5.74) is 8.23. The minimum Gasteiger partial charge on any atom is -0.495 e. The molecule has 1 aromatic rings. The molecule has 0 radical (unpaired) electrons. The van der Waals surface area contributed by atoms with Gasteiger partial charge in [-0.2, -0.15) is 0 Å². The highest BCUT2D eigenvalue weighted by molar-refractivity contribution is 6.00. The van der Waals surface area contributed by atoms with E-state index in [2.05, 4.69) is 11.4 Å². The summed E-state index contributed by atoms with van der Waals surface area (Å²) in [6.45, 7) is 0.654. The van der Waals surface area contributed by atoms with Crippen molar-refractivity contribution in [1.29, 1.82) is 0 Å². The van der Waals surface area contributed by atoms with Crippen molar-refractivity contribution in [2.75, 3.05) is 19.4 Å². The average Bonchev–Trinajstić information content (AvgIpc) is 2.48. The summed E-state index contributed by atoms with van der Waals surface area (Å²) in [6.07, 6.45) is 8.12. The van der Waals surface area contributed by atoms with Crippen LogP contribution in [0.1, 0.15) is 42.5 Å². The summed E-state index contributed by atoms with van der Waals surface area (Å²) in [5.74, 6) is 0.394. The Morgan fingerprint density at radius 2 is 2.25 bits per heavy atom. The summed E-state index contributed by atoms with van der Waals surface area (Å²) < 4.78 is 5.12. The molecule has 4 heteroatoms. The number of nitrogens with two attached hydrogens (primary N) is 1. The van der Waals surface area contributed by atoms with Gasteiger partial charge in [-0.3, -0.25) is 4.79 Å². The molecule has 1 amide bonds. The van der Waals surface area contributed by atoms with Crippen molar-refractivity contribution in [2.45, 2.75) is 32.1 Å². The molecule has 0 fully saturated rings. The number of benzene rings is 1. The molecule has 3 N–H and O–H groups in total. The Morgan fingerprint density at radius 1 is 1.40 bits per heavy atom. The van der Waals surface area contributed by atoms with Crippen LogP contribution < -0.4 is 15.8 Å². The maximum absolute atomic E-state index is 12.1. The van der Waals surface area contributed by atoms with Gasteiger partial charge in [0, 0.05) is 6.54 Å². The number of hydrogen-bond acceptors (Lipinski definition) is 3. The number of allylic oxidation sites excluding steroid dienone is 1. The standard InChI is InChI=1S/C16H22N2O2/c1-20-14-9-5-8-13(15(14)17)16(19)18-11-10-12-6-3-2-4-7-12/h5-6,8-9H,2-4,7,10-11,17H2,1H3,(H,18,19). The van der Waals surface area contributed by atoms with Crippen LogP contribution in [0.5, 0.6) is 5.75 Å². The van der Waals surface area contributed by atoms with Crippen LogP contribution in [0, 0.1) is 0 Å². The third-order valence-electron chi connectivity index (χ3n) is 3.65. The van der Waals surface area contributed by atoms with Crippen LogP contribution >= 0.6 is 0 Å². The molecule has 0 atom stereocenters. The smallest absolute Gasteiger partial charge is 0.253 e. The molecule has 1 aromatic carbocycles. The molecule has 2 rings (SSSR count). The highest BCUT2D eigenvalue weighted by Crippen LogP contribution is 2.24. The first-order valence-electron chi connectivity index (χ1n) is 7.11. The number of hydrogen-bond donors (Lipinski definition) is 2. The van der Waals surface area contributed by atoms with Crippen LogP contribution in [0.15, 0.2) is 29.8 Å². The molecule has 0 spiro atoms. The maximum Gasteiger partial charge on any atom is 0.253 e. The van der Waals surface area contributed by atoms with E-state index in [0.717, 1.165) is 12.8 Å². The van der Waals surface area contributed by atoms with Crippen molar-refractivity contribution in [3.8, 4) is 5.75 Å². The Bertz CT molecular complexity index is 509. The molecule has 0 aliphatic heterocycles. The molecule has 1 aliphatic rings. The molecule has 1 aliphatic carbocycles. The van der Waals surface area contributed by atoms with Crippen molar-refractivity contribution in [2.24, 2.45) is 0 Å². The highest BCUT2D eigenvalue weighted by atomic mass is 16.5. The third-order valence-corrected chi connectivity index (χ3v) is 3.65. The van der Waals surface area contributed by atoms with E-state index in [1.54, 1.807) is 25.3 Å². The number of nitrogens with one attached hydrogen (secondary N) is 1. The molecular weight excluding hydrogens is 252 g/mol. The van der Waals surface area contributed by atoms with Gasteiger partial charge >= 0.3 is 0 Å². The van der Waals surface area contributed by atoms with Gasteiger partial charge in [0.25, 0.3) is 5.91 Å². The predicted octanol–water partition coefficient (Wildman–Crippen LogP) is 2.90. The lowest BCUT2D eigenvalue weighted by molar-refractivity contribution is 0.0954. The second kappa shape index (κ2) is 6.98. The van der Waals surface area contributed by atoms with Crippen molar-refractivity contribution in [1.82, 2.24) is 5.32 Å². The van der Waals surface area contributed by atoms with Crippen LogP contribution in [0.3, 0.4) is 0 Å². The largest absolute Gasteiger partial charge is 0.495 e. The quantitative estimate of drug-likeness (QED) is 0.641. The lowest BCUT2D eigenvalue weighted by Crippen LogP contribution is -2.25. The van der Waals surface area contributed by atoms with Gasteiger partial charge in [-0.15, -0.1) is 0 Å². The number of carbonyl (C=O) groups excluding carboxylic acids is 1. The second-order valence-corrected chi connectivity index (χ2v) is 5.04. The summed E-state index contributed by atoms with van der Waals surface area (Å²) >= 11 is 0. The van der Waals surface area contributed by atoms with Gasteiger partial charge in [0.05, 0.1) is 18.4 Å². The number of nitrogen functional groups attached to an aromatic ring is 1. The van der Waals surface area contributed by atoms with E-state index in [0.29, 0.717) is 23.5 Å². The van der Waals surface area contributed by atoms with Gasteiger partial charge in [-0.1, -0.05) is 17.7 Å². The molecule has 0 bridgehead atoms. The first-order chi connectivity index (χ1) is 9.72. The Labute approximate surface area is 120 Å². The van der Waals surface area contributed by atoms with Crippen LogP contribution in [0.2, 0.25) is 0 Å². The van der Waals surface area contributed by atoms with Crippen molar-refractivity contribution in [3.63, 3.8) is 0 Å². The summed E-state index contributed by atoms with van der Waals surface area (Å²) in [7, 11) is 1.54. The highest BCUT2D eigenvalue weighted by Gasteiger charge is 2.12. The Kier molecular flexibility index (Phi) is 5.04. The van der Waals surface area contributed by atoms with E-state index in [4.69, 9.17) is 10.5 Å². The zero-order valence-electron chi connectivity index (χ0n) is 11.9. The normalized spacial score (nSPS) is 14.6. The summed E-state index contributed by atoms with van der Waals surface area (Å²) in [6, 6.07) is 5.24. The molecule has 0 heterocycles. The van der Waals surface area contributed by atoms with E-state index in [1.165, 1.54) is 24.8 Å². The van der Waals surface area contributed by atoms with Crippen LogP contribution in [-0.2, 0) is 0 Å². The fourth-order valence-electron chi connectivity index (χ4n) is 2.48. The first-order valence-corrected chi connectivity index (χ1v) is 7.11.